The molecule has 0 aromatic heterocycles. The Morgan fingerprint density at radius 3 is 2.62 bits per heavy atom. The summed E-state index contributed by atoms with van der Waals surface area (Å²) in [6.07, 6.45) is 0.656. The average molecular weight is 284 g/mol. The minimum absolute atomic E-state index is 0.216. The van der Waals surface area contributed by atoms with Crippen LogP contribution in [-0.4, -0.2) is 20.0 Å². The van der Waals surface area contributed by atoms with Gasteiger partial charge in [0.1, 0.15) is 5.75 Å². The quantitative estimate of drug-likeness (QED) is 0.842. The van der Waals surface area contributed by atoms with Gasteiger partial charge in [-0.05, 0) is 23.6 Å². The predicted molar refractivity (Wildman–Crippen MR) is 81.2 cm³/mol. The normalized spacial score (nSPS) is 20.6. The second-order valence-corrected chi connectivity index (χ2v) is 5.31. The fraction of sp³-hybridized carbons (Fsp3) is 0.333. The molecule has 1 heterocycles. The molecule has 0 saturated heterocycles. The zero-order chi connectivity index (χ0) is 14.5. The molecular formula is C18H20O3. The van der Waals surface area contributed by atoms with Crippen molar-refractivity contribution in [1.29, 1.82) is 0 Å². The van der Waals surface area contributed by atoms with Crippen LogP contribution in [0.5, 0.6) is 5.75 Å². The monoisotopic (exact) mass is 284 g/mol. The van der Waals surface area contributed by atoms with E-state index in [4.69, 9.17) is 14.2 Å². The van der Waals surface area contributed by atoms with Crippen molar-refractivity contribution in [3.05, 3.63) is 65.7 Å². The number of hydrogen-bond acceptors (Lipinski definition) is 3. The van der Waals surface area contributed by atoms with E-state index in [0.29, 0.717) is 13.2 Å². The van der Waals surface area contributed by atoms with Gasteiger partial charge in [0.25, 0.3) is 0 Å². The molecule has 2 unspecified atom stereocenters. The lowest BCUT2D eigenvalue weighted by Crippen LogP contribution is -2.37. The predicted octanol–water partition coefficient (Wildman–Crippen LogP) is 3.43. The fourth-order valence-corrected chi connectivity index (χ4v) is 2.66. The molecule has 1 aliphatic rings. The molecule has 3 rings (SSSR count). The summed E-state index contributed by atoms with van der Waals surface area (Å²) in [4.78, 5) is 0. The van der Waals surface area contributed by atoms with Gasteiger partial charge >= 0.3 is 0 Å². The third-order valence-electron chi connectivity index (χ3n) is 3.72. The van der Waals surface area contributed by atoms with Gasteiger partial charge in [-0.3, -0.25) is 0 Å². The van der Waals surface area contributed by atoms with Crippen molar-refractivity contribution >= 4 is 0 Å². The zero-order valence-corrected chi connectivity index (χ0v) is 12.2. The molecule has 3 heteroatoms. The summed E-state index contributed by atoms with van der Waals surface area (Å²) in [5.41, 5.74) is 2.37. The van der Waals surface area contributed by atoms with Crippen LogP contribution in [0.15, 0.2) is 54.6 Å². The van der Waals surface area contributed by atoms with Crippen LogP contribution >= 0.6 is 0 Å². The Balaban J connectivity index is 1.70. The summed E-state index contributed by atoms with van der Waals surface area (Å²) >= 11 is 0. The van der Waals surface area contributed by atoms with Crippen molar-refractivity contribution < 1.29 is 14.2 Å². The highest BCUT2D eigenvalue weighted by molar-refractivity contribution is 5.35. The largest absolute Gasteiger partial charge is 0.464 e. The number of rotatable bonds is 5. The van der Waals surface area contributed by atoms with Crippen molar-refractivity contribution in [1.82, 2.24) is 0 Å². The molecule has 0 radical (unpaired) electrons. The van der Waals surface area contributed by atoms with Gasteiger partial charge in [0.05, 0.1) is 13.2 Å². The van der Waals surface area contributed by atoms with Crippen LogP contribution in [0.1, 0.15) is 11.1 Å². The first-order valence-corrected chi connectivity index (χ1v) is 7.26. The van der Waals surface area contributed by atoms with Crippen molar-refractivity contribution in [3.63, 3.8) is 0 Å². The summed E-state index contributed by atoms with van der Waals surface area (Å²) in [6.45, 7) is 1.18. The SMILES string of the molecule is COCC1Cc2ccccc2OC1OCc1ccccc1. The van der Waals surface area contributed by atoms with E-state index in [1.807, 2.05) is 36.4 Å². The van der Waals surface area contributed by atoms with Crippen LogP contribution in [-0.2, 0) is 22.5 Å². The summed E-state index contributed by atoms with van der Waals surface area (Å²) in [5, 5.41) is 0. The summed E-state index contributed by atoms with van der Waals surface area (Å²) in [6, 6.07) is 18.3. The topological polar surface area (TPSA) is 27.7 Å². The van der Waals surface area contributed by atoms with Crippen LogP contribution in [0.3, 0.4) is 0 Å². The van der Waals surface area contributed by atoms with E-state index in [9.17, 15) is 0 Å². The summed E-state index contributed by atoms with van der Waals surface area (Å²) in [7, 11) is 1.72. The van der Waals surface area contributed by atoms with Crippen molar-refractivity contribution in [2.45, 2.75) is 19.3 Å². The maximum atomic E-state index is 6.02. The molecule has 2 aromatic carbocycles. The highest BCUT2D eigenvalue weighted by Gasteiger charge is 2.30. The first-order chi connectivity index (χ1) is 10.4. The zero-order valence-electron chi connectivity index (χ0n) is 12.2. The maximum Gasteiger partial charge on any atom is 0.205 e. The maximum absolute atomic E-state index is 6.02. The van der Waals surface area contributed by atoms with Gasteiger partial charge in [-0.25, -0.2) is 0 Å². The first kappa shape index (κ1) is 14.1. The minimum Gasteiger partial charge on any atom is -0.464 e. The molecule has 0 N–H and O–H groups in total. The van der Waals surface area contributed by atoms with Crippen LogP contribution < -0.4 is 4.74 Å². The van der Waals surface area contributed by atoms with Crippen molar-refractivity contribution in [3.8, 4) is 5.75 Å². The van der Waals surface area contributed by atoms with E-state index in [2.05, 4.69) is 18.2 Å². The van der Waals surface area contributed by atoms with Gasteiger partial charge in [0.15, 0.2) is 0 Å². The molecule has 0 spiro atoms. The molecule has 2 atom stereocenters. The molecule has 0 saturated carbocycles. The lowest BCUT2D eigenvalue weighted by Gasteiger charge is -2.33. The number of hydrogen-bond donors (Lipinski definition) is 0. The summed E-state index contributed by atoms with van der Waals surface area (Å²) in [5.74, 6) is 1.14. The Bertz CT molecular complexity index is 568. The number of methoxy groups -OCH3 is 1. The van der Waals surface area contributed by atoms with E-state index in [-0.39, 0.29) is 12.2 Å². The third kappa shape index (κ3) is 3.43. The highest BCUT2D eigenvalue weighted by Crippen LogP contribution is 2.31. The first-order valence-electron chi connectivity index (χ1n) is 7.26. The van der Waals surface area contributed by atoms with Gasteiger partial charge in [0.2, 0.25) is 6.29 Å². The van der Waals surface area contributed by atoms with Gasteiger partial charge in [-0.15, -0.1) is 0 Å². The number of benzene rings is 2. The lowest BCUT2D eigenvalue weighted by molar-refractivity contribution is -0.143. The van der Waals surface area contributed by atoms with Crippen molar-refractivity contribution in [2.24, 2.45) is 5.92 Å². The van der Waals surface area contributed by atoms with Crippen molar-refractivity contribution in [2.75, 3.05) is 13.7 Å². The van der Waals surface area contributed by atoms with Crippen LogP contribution in [0.2, 0.25) is 0 Å². The van der Waals surface area contributed by atoms with Gasteiger partial charge in [-0.1, -0.05) is 48.5 Å². The molecule has 3 nitrogen and oxygen atoms in total. The average Bonchev–Trinajstić information content (AvgIpc) is 2.54. The standard InChI is InChI=1S/C18H20O3/c1-19-13-16-11-15-9-5-6-10-17(15)21-18(16)20-12-14-7-3-2-4-8-14/h2-10,16,18H,11-13H2,1H3. The Labute approximate surface area is 125 Å². The highest BCUT2D eigenvalue weighted by atomic mass is 16.7. The minimum atomic E-state index is -0.264. The number of fused-ring (bicyclic) bond motifs is 1. The smallest absolute Gasteiger partial charge is 0.205 e. The van der Waals surface area contributed by atoms with E-state index in [1.165, 1.54) is 5.56 Å². The van der Waals surface area contributed by atoms with Gasteiger partial charge in [0, 0.05) is 13.0 Å². The molecule has 110 valence electrons. The van der Waals surface area contributed by atoms with E-state index in [0.717, 1.165) is 17.7 Å². The van der Waals surface area contributed by atoms with Crippen LogP contribution in [0.25, 0.3) is 0 Å². The van der Waals surface area contributed by atoms with Gasteiger partial charge in [-0.2, -0.15) is 0 Å². The molecular weight excluding hydrogens is 264 g/mol. The fourth-order valence-electron chi connectivity index (χ4n) is 2.66. The molecule has 0 amide bonds. The Kier molecular flexibility index (Phi) is 4.53. The molecule has 0 fully saturated rings. The molecule has 0 aliphatic carbocycles. The second kappa shape index (κ2) is 6.74. The Morgan fingerprint density at radius 1 is 1.05 bits per heavy atom. The van der Waals surface area contributed by atoms with E-state index < -0.39 is 0 Å². The molecule has 1 aliphatic heterocycles. The number of ether oxygens (including phenoxy) is 3. The van der Waals surface area contributed by atoms with Crippen LogP contribution in [0.4, 0.5) is 0 Å². The van der Waals surface area contributed by atoms with E-state index >= 15 is 0 Å². The third-order valence-corrected chi connectivity index (χ3v) is 3.72. The van der Waals surface area contributed by atoms with Gasteiger partial charge < -0.3 is 14.2 Å². The molecule has 0 bridgehead atoms. The molecule has 2 aromatic rings. The Morgan fingerprint density at radius 2 is 1.81 bits per heavy atom. The second-order valence-electron chi connectivity index (χ2n) is 5.31. The van der Waals surface area contributed by atoms with Crippen LogP contribution in [0, 0.1) is 5.92 Å². The Hall–Kier alpha value is -1.84. The summed E-state index contributed by atoms with van der Waals surface area (Å²) < 4.78 is 17.3. The van der Waals surface area contributed by atoms with E-state index in [1.54, 1.807) is 7.11 Å². The lowest BCUT2D eigenvalue weighted by atomic mass is 9.96. The number of para-hydroxylation sites is 1. The molecule has 21 heavy (non-hydrogen) atoms.